The predicted molar refractivity (Wildman–Crippen MR) is 79.2 cm³/mol. The van der Waals surface area contributed by atoms with Crippen LogP contribution in [-0.4, -0.2) is 35.6 Å². The molecule has 0 saturated carbocycles. The second-order valence-electron chi connectivity index (χ2n) is 5.10. The molecule has 0 bridgehead atoms. The summed E-state index contributed by atoms with van der Waals surface area (Å²) in [4.78, 5) is 25.2. The molecule has 0 aliphatic carbocycles. The van der Waals surface area contributed by atoms with Crippen molar-refractivity contribution in [1.29, 1.82) is 0 Å². The minimum Gasteiger partial charge on any atom is -0.480 e. The SMILES string of the molecule is CCN(CC)c1ccc(C(=O)NC(C)(C)C(=O)O)cc1. The summed E-state index contributed by atoms with van der Waals surface area (Å²) in [7, 11) is 0. The number of rotatable bonds is 6. The molecule has 0 atom stereocenters. The Morgan fingerprint density at radius 1 is 1.15 bits per heavy atom. The number of anilines is 1. The fourth-order valence-corrected chi connectivity index (χ4v) is 1.82. The first-order valence-corrected chi connectivity index (χ1v) is 6.72. The van der Waals surface area contributed by atoms with Crippen LogP contribution in [0.1, 0.15) is 38.1 Å². The van der Waals surface area contributed by atoms with Crippen molar-refractivity contribution in [2.45, 2.75) is 33.2 Å². The summed E-state index contributed by atoms with van der Waals surface area (Å²) in [5.74, 6) is -1.45. The predicted octanol–water partition coefficient (Wildman–Crippen LogP) is 2.13. The van der Waals surface area contributed by atoms with E-state index >= 15 is 0 Å². The van der Waals surface area contributed by atoms with Gasteiger partial charge in [0, 0.05) is 24.3 Å². The van der Waals surface area contributed by atoms with Gasteiger partial charge >= 0.3 is 5.97 Å². The van der Waals surface area contributed by atoms with E-state index in [1.54, 1.807) is 12.1 Å². The molecule has 0 unspecified atom stereocenters. The highest BCUT2D eigenvalue weighted by Crippen LogP contribution is 2.15. The lowest BCUT2D eigenvalue weighted by Gasteiger charge is -2.22. The first-order valence-electron chi connectivity index (χ1n) is 6.72. The van der Waals surface area contributed by atoms with Gasteiger partial charge in [0.15, 0.2) is 0 Å². The molecule has 110 valence electrons. The first-order chi connectivity index (χ1) is 9.31. The van der Waals surface area contributed by atoms with Crippen LogP contribution in [0.3, 0.4) is 0 Å². The summed E-state index contributed by atoms with van der Waals surface area (Å²) in [5, 5.41) is 11.5. The summed E-state index contributed by atoms with van der Waals surface area (Å²) in [6.07, 6.45) is 0. The van der Waals surface area contributed by atoms with Crippen molar-refractivity contribution in [1.82, 2.24) is 5.32 Å². The number of carbonyl (C=O) groups is 2. The molecule has 0 radical (unpaired) electrons. The number of hydrogen-bond donors (Lipinski definition) is 2. The Hall–Kier alpha value is -2.04. The molecule has 1 amide bonds. The van der Waals surface area contributed by atoms with E-state index in [0.717, 1.165) is 18.8 Å². The van der Waals surface area contributed by atoms with Crippen molar-refractivity contribution in [2.75, 3.05) is 18.0 Å². The number of carboxylic acids is 1. The maximum absolute atomic E-state index is 12.0. The van der Waals surface area contributed by atoms with Crippen LogP contribution >= 0.6 is 0 Å². The van der Waals surface area contributed by atoms with Crippen LogP contribution in [0.25, 0.3) is 0 Å². The number of hydrogen-bond acceptors (Lipinski definition) is 3. The molecular weight excluding hydrogens is 256 g/mol. The smallest absolute Gasteiger partial charge is 0.328 e. The molecule has 20 heavy (non-hydrogen) atoms. The Morgan fingerprint density at radius 2 is 1.65 bits per heavy atom. The summed E-state index contributed by atoms with van der Waals surface area (Å²) in [5.41, 5.74) is 0.216. The van der Waals surface area contributed by atoms with Crippen molar-refractivity contribution < 1.29 is 14.7 Å². The Balaban J connectivity index is 2.83. The number of carboxylic acid groups (broad SMARTS) is 1. The third-order valence-electron chi connectivity index (χ3n) is 3.22. The molecule has 0 aliphatic heterocycles. The van der Waals surface area contributed by atoms with Crippen LogP contribution in [0.15, 0.2) is 24.3 Å². The maximum atomic E-state index is 12.0. The number of carbonyl (C=O) groups excluding carboxylic acids is 1. The standard InChI is InChI=1S/C15H22N2O3/c1-5-17(6-2)12-9-7-11(8-10-12)13(18)16-15(3,4)14(19)20/h7-10H,5-6H2,1-4H3,(H,16,18)(H,19,20). The molecule has 1 aromatic rings. The van der Waals surface area contributed by atoms with Gasteiger partial charge < -0.3 is 15.3 Å². The van der Waals surface area contributed by atoms with Gasteiger partial charge in [0.1, 0.15) is 5.54 Å². The number of nitrogens with zero attached hydrogens (tertiary/aromatic N) is 1. The highest BCUT2D eigenvalue weighted by atomic mass is 16.4. The molecule has 0 aromatic heterocycles. The minimum atomic E-state index is -1.28. The van der Waals surface area contributed by atoms with E-state index < -0.39 is 11.5 Å². The Bertz CT molecular complexity index is 476. The maximum Gasteiger partial charge on any atom is 0.328 e. The fourth-order valence-electron chi connectivity index (χ4n) is 1.82. The van der Waals surface area contributed by atoms with E-state index in [-0.39, 0.29) is 5.91 Å². The molecule has 2 N–H and O–H groups in total. The Kier molecular flexibility index (Phi) is 5.13. The van der Waals surface area contributed by atoms with Crippen molar-refractivity contribution in [3.63, 3.8) is 0 Å². The molecule has 0 aliphatic rings. The summed E-state index contributed by atoms with van der Waals surface area (Å²) < 4.78 is 0. The van der Waals surface area contributed by atoms with E-state index in [0.29, 0.717) is 5.56 Å². The van der Waals surface area contributed by atoms with E-state index in [1.165, 1.54) is 13.8 Å². The molecule has 5 heteroatoms. The topological polar surface area (TPSA) is 69.6 Å². The van der Waals surface area contributed by atoms with Gasteiger partial charge in [-0.05, 0) is 52.0 Å². The summed E-state index contributed by atoms with van der Waals surface area (Å²) in [6, 6.07) is 7.16. The zero-order valence-corrected chi connectivity index (χ0v) is 12.4. The number of amides is 1. The van der Waals surface area contributed by atoms with Crippen LogP contribution in [-0.2, 0) is 4.79 Å². The zero-order chi connectivity index (χ0) is 15.3. The van der Waals surface area contributed by atoms with Gasteiger partial charge in [0.2, 0.25) is 0 Å². The van der Waals surface area contributed by atoms with Gasteiger partial charge in [-0.2, -0.15) is 0 Å². The second kappa shape index (κ2) is 6.41. The average Bonchev–Trinajstić information content (AvgIpc) is 2.40. The Labute approximate surface area is 119 Å². The normalized spacial score (nSPS) is 11.0. The lowest BCUT2D eigenvalue weighted by molar-refractivity contribution is -0.143. The van der Waals surface area contributed by atoms with Crippen molar-refractivity contribution >= 4 is 17.6 Å². The summed E-state index contributed by atoms with van der Waals surface area (Å²) >= 11 is 0. The van der Waals surface area contributed by atoms with E-state index in [4.69, 9.17) is 5.11 Å². The van der Waals surface area contributed by atoms with Gasteiger partial charge in [0.05, 0.1) is 0 Å². The number of aliphatic carboxylic acids is 1. The average molecular weight is 278 g/mol. The second-order valence-corrected chi connectivity index (χ2v) is 5.10. The van der Waals surface area contributed by atoms with Crippen LogP contribution < -0.4 is 10.2 Å². The lowest BCUT2D eigenvalue weighted by Crippen LogP contribution is -2.49. The van der Waals surface area contributed by atoms with Crippen molar-refractivity contribution in [3.8, 4) is 0 Å². The van der Waals surface area contributed by atoms with Gasteiger partial charge in [-0.1, -0.05) is 0 Å². The molecule has 0 saturated heterocycles. The molecule has 0 heterocycles. The van der Waals surface area contributed by atoms with E-state index in [1.807, 2.05) is 12.1 Å². The van der Waals surface area contributed by atoms with E-state index in [2.05, 4.69) is 24.1 Å². The number of nitrogens with one attached hydrogen (secondary N) is 1. The largest absolute Gasteiger partial charge is 0.480 e. The molecular formula is C15H22N2O3. The van der Waals surface area contributed by atoms with Crippen molar-refractivity contribution in [2.24, 2.45) is 0 Å². The molecule has 5 nitrogen and oxygen atoms in total. The van der Waals surface area contributed by atoms with Crippen molar-refractivity contribution in [3.05, 3.63) is 29.8 Å². The summed E-state index contributed by atoms with van der Waals surface area (Å²) in [6.45, 7) is 8.84. The zero-order valence-electron chi connectivity index (χ0n) is 12.4. The van der Waals surface area contributed by atoms with Crippen LogP contribution in [0.2, 0.25) is 0 Å². The molecule has 0 spiro atoms. The number of benzene rings is 1. The first kappa shape index (κ1) is 16.0. The molecule has 0 fully saturated rings. The van der Waals surface area contributed by atoms with Crippen LogP contribution in [0, 0.1) is 0 Å². The molecule has 1 aromatic carbocycles. The van der Waals surface area contributed by atoms with Gasteiger partial charge in [-0.15, -0.1) is 0 Å². The lowest BCUT2D eigenvalue weighted by atomic mass is 10.1. The highest BCUT2D eigenvalue weighted by Gasteiger charge is 2.29. The van der Waals surface area contributed by atoms with Crippen LogP contribution in [0.5, 0.6) is 0 Å². The molecule has 1 rings (SSSR count). The Morgan fingerprint density at radius 3 is 2.05 bits per heavy atom. The van der Waals surface area contributed by atoms with E-state index in [9.17, 15) is 9.59 Å². The minimum absolute atomic E-state index is 0.386. The van der Waals surface area contributed by atoms with Gasteiger partial charge in [-0.25, -0.2) is 4.79 Å². The third kappa shape index (κ3) is 3.73. The monoisotopic (exact) mass is 278 g/mol. The fraction of sp³-hybridized carbons (Fsp3) is 0.467. The van der Waals surface area contributed by atoms with Gasteiger partial charge in [-0.3, -0.25) is 4.79 Å². The van der Waals surface area contributed by atoms with Crippen LogP contribution in [0.4, 0.5) is 5.69 Å². The highest BCUT2D eigenvalue weighted by molar-refractivity contribution is 5.97. The quantitative estimate of drug-likeness (QED) is 0.836. The van der Waals surface area contributed by atoms with Gasteiger partial charge in [0.25, 0.3) is 5.91 Å². The third-order valence-corrected chi connectivity index (χ3v) is 3.22.